The first-order valence-corrected chi connectivity index (χ1v) is 11.1. The Bertz CT molecular complexity index is 1140. The predicted molar refractivity (Wildman–Crippen MR) is 122 cm³/mol. The number of para-hydroxylation sites is 3. The average molecular weight is 436 g/mol. The highest BCUT2D eigenvalue weighted by atomic mass is 32.2. The van der Waals surface area contributed by atoms with Crippen LogP contribution in [0.1, 0.15) is 26.3 Å². The second kappa shape index (κ2) is 8.55. The van der Waals surface area contributed by atoms with E-state index < -0.39 is 0 Å². The van der Waals surface area contributed by atoms with E-state index in [1.807, 2.05) is 50.4 Å². The number of nitrogens with zero attached hydrogens (tertiary/aromatic N) is 5. The molecule has 0 aliphatic carbocycles. The topological polar surface area (TPSA) is 73.1 Å². The second-order valence-electron chi connectivity index (χ2n) is 7.76. The van der Waals surface area contributed by atoms with Crippen LogP contribution in [0.3, 0.4) is 0 Å². The molecule has 0 unspecified atom stereocenters. The minimum atomic E-state index is -0.232. The third-order valence-electron chi connectivity index (χ3n) is 5.42. The molecule has 0 atom stereocenters. The molecule has 0 radical (unpaired) electrons. The maximum absolute atomic E-state index is 12.9. The number of rotatable bonds is 7. The molecule has 2 heterocycles. The maximum Gasteiger partial charge on any atom is 0.214 e. The molecule has 3 aromatic rings. The van der Waals surface area contributed by atoms with Gasteiger partial charge in [-0.2, -0.15) is 4.68 Å². The van der Waals surface area contributed by atoms with Crippen molar-refractivity contribution in [3.8, 4) is 11.4 Å². The number of thioether (sulfide) groups is 1. The molecule has 1 aliphatic rings. The van der Waals surface area contributed by atoms with Gasteiger partial charge in [0.1, 0.15) is 11.4 Å². The van der Waals surface area contributed by atoms with Gasteiger partial charge in [-0.3, -0.25) is 4.79 Å². The van der Waals surface area contributed by atoms with Gasteiger partial charge in [0.05, 0.1) is 12.4 Å². The summed E-state index contributed by atoms with van der Waals surface area (Å²) in [5, 5.41) is 12.5. The Morgan fingerprint density at radius 2 is 1.84 bits per heavy atom. The fraction of sp³-hybridized carbons (Fsp3) is 0.304. The smallest absolute Gasteiger partial charge is 0.214 e. The van der Waals surface area contributed by atoms with Crippen LogP contribution in [0.5, 0.6) is 5.75 Å². The maximum atomic E-state index is 12.9. The van der Waals surface area contributed by atoms with Crippen LogP contribution in [0, 0.1) is 0 Å². The Morgan fingerprint density at radius 1 is 1.13 bits per heavy atom. The largest absolute Gasteiger partial charge is 0.492 e. The molecule has 4 rings (SSSR count). The lowest BCUT2D eigenvalue weighted by Crippen LogP contribution is -2.24. The van der Waals surface area contributed by atoms with Gasteiger partial charge in [0.15, 0.2) is 5.78 Å². The number of allylic oxidation sites excluding steroid dienone is 2. The first kappa shape index (κ1) is 21.1. The van der Waals surface area contributed by atoms with Crippen molar-refractivity contribution in [2.24, 2.45) is 0 Å². The van der Waals surface area contributed by atoms with E-state index >= 15 is 0 Å². The highest BCUT2D eigenvalue weighted by molar-refractivity contribution is 7.99. The number of ketones is 1. The van der Waals surface area contributed by atoms with Crippen molar-refractivity contribution in [1.82, 2.24) is 20.2 Å². The Morgan fingerprint density at radius 3 is 2.58 bits per heavy atom. The number of ether oxygens (including phenoxy) is 1. The summed E-state index contributed by atoms with van der Waals surface area (Å²) in [7, 11) is 2.01. The summed E-state index contributed by atoms with van der Waals surface area (Å²) >= 11 is 1.31. The van der Waals surface area contributed by atoms with E-state index in [0.717, 1.165) is 17.1 Å². The number of carbonyl (C=O) groups is 1. The summed E-state index contributed by atoms with van der Waals surface area (Å²) in [6.45, 7) is 6.76. The van der Waals surface area contributed by atoms with Gasteiger partial charge in [-0.1, -0.05) is 55.9 Å². The van der Waals surface area contributed by atoms with E-state index in [-0.39, 0.29) is 17.0 Å². The zero-order chi connectivity index (χ0) is 22.0. The number of fused-ring (bicyclic) bond motifs is 1. The molecule has 31 heavy (non-hydrogen) atoms. The first-order chi connectivity index (χ1) is 14.9. The highest BCUT2D eigenvalue weighted by Crippen LogP contribution is 2.46. The van der Waals surface area contributed by atoms with Crippen LogP contribution in [-0.4, -0.2) is 45.4 Å². The van der Waals surface area contributed by atoms with E-state index in [9.17, 15) is 4.79 Å². The summed E-state index contributed by atoms with van der Waals surface area (Å²) < 4.78 is 7.30. The molecule has 0 fully saturated rings. The molecule has 1 aromatic heterocycles. The van der Waals surface area contributed by atoms with Gasteiger partial charge in [-0.15, -0.1) is 5.10 Å². The summed E-state index contributed by atoms with van der Waals surface area (Å²) in [6, 6.07) is 15.8. The molecular weight excluding hydrogens is 410 g/mol. The lowest BCUT2D eigenvalue weighted by Gasteiger charge is -2.23. The molecule has 0 saturated carbocycles. The molecule has 0 N–H and O–H groups in total. The van der Waals surface area contributed by atoms with E-state index in [2.05, 4.69) is 46.4 Å². The Labute approximate surface area is 186 Å². The minimum absolute atomic E-state index is 0.0142. The van der Waals surface area contributed by atoms with E-state index in [4.69, 9.17) is 4.74 Å². The van der Waals surface area contributed by atoms with Gasteiger partial charge in [0, 0.05) is 29.9 Å². The van der Waals surface area contributed by atoms with Crippen molar-refractivity contribution in [3.63, 3.8) is 0 Å². The fourth-order valence-corrected chi connectivity index (χ4v) is 4.62. The zero-order valence-corrected chi connectivity index (χ0v) is 18.9. The van der Waals surface area contributed by atoms with Crippen LogP contribution in [0.25, 0.3) is 5.69 Å². The third kappa shape index (κ3) is 3.95. The van der Waals surface area contributed by atoms with E-state index in [1.165, 1.54) is 17.3 Å². The van der Waals surface area contributed by atoms with Crippen LogP contribution < -0.4 is 9.64 Å². The van der Waals surface area contributed by atoms with E-state index in [0.29, 0.717) is 17.5 Å². The number of aromatic nitrogens is 4. The van der Waals surface area contributed by atoms with Gasteiger partial charge in [0.25, 0.3) is 0 Å². The molecule has 160 valence electrons. The quantitative estimate of drug-likeness (QED) is 0.410. The number of hydrogen-bond donors (Lipinski definition) is 0. The standard InChI is InChI=1S/C23H25N5O2S/c1-5-30-20-13-9-8-12-19(20)28-22(24-25-26-28)31-15-16(29)14-21-23(2,3)17-10-6-7-11-18(17)27(21)4/h6-14H,5,15H2,1-4H3. The molecule has 0 spiro atoms. The third-order valence-corrected chi connectivity index (χ3v) is 6.36. The van der Waals surface area contributed by atoms with Crippen LogP contribution in [0.2, 0.25) is 0 Å². The Hall–Kier alpha value is -3.13. The fourth-order valence-electron chi connectivity index (χ4n) is 3.92. The van der Waals surface area contributed by atoms with Crippen molar-refractivity contribution in [1.29, 1.82) is 0 Å². The molecule has 8 heteroatoms. The Balaban J connectivity index is 1.52. The minimum Gasteiger partial charge on any atom is -0.492 e. The van der Waals surface area contributed by atoms with Crippen molar-refractivity contribution in [3.05, 3.63) is 65.9 Å². The monoisotopic (exact) mass is 435 g/mol. The molecule has 2 aromatic carbocycles. The molecular formula is C23H25N5O2S. The molecule has 7 nitrogen and oxygen atoms in total. The van der Waals surface area contributed by atoms with Crippen molar-refractivity contribution < 1.29 is 9.53 Å². The second-order valence-corrected chi connectivity index (χ2v) is 8.70. The van der Waals surface area contributed by atoms with Gasteiger partial charge < -0.3 is 9.64 Å². The molecule has 0 amide bonds. The Kier molecular flexibility index (Phi) is 5.82. The molecule has 0 bridgehead atoms. The number of hydrogen-bond acceptors (Lipinski definition) is 7. The SMILES string of the molecule is CCOc1ccccc1-n1nnnc1SCC(=O)C=C1N(C)c2ccccc2C1(C)C. The van der Waals surface area contributed by atoms with Gasteiger partial charge in [-0.25, -0.2) is 0 Å². The van der Waals surface area contributed by atoms with Crippen molar-refractivity contribution in [2.45, 2.75) is 31.3 Å². The van der Waals surface area contributed by atoms with Crippen LogP contribution in [0.15, 0.2) is 65.5 Å². The summed E-state index contributed by atoms with van der Waals surface area (Å²) in [6.07, 6.45) is 1.75. The highest BCUT2D eigenvalue weighted by Gasteiger charge is 2.38. The lowest BCUT2D eigenvalue weighted by atomic mass is 9.83. The average Bonchev–Trinajstić information content (AvgIpc) is 3.30. The van der Waals surface area contributed by atoms with Crippen molar-refractivity contribution >= 4 is 23.2 Å². The summed E-state index contributed by atoms with van der Waals surface area (Å²) in [4.78, 5) is 15.0. The first-order valence-electron chi connectivity index (χ1n) is 10.1. The van der Waals surface area contributed by atoms with E-state index in [1.54, 1.807) is 10.8 Å². The van der Waals surface area contributed by atoms with Crippen LogP contribution >= 0.6 is 11.8 Å². The van der Waals surface area contributed by atoms with Gasteiger partial charge in [0.2, 0.25) is 5.16 Å². The summed E-state index contributed by atoms with van der Waals surface area (Å²) in [5.41, 5.74) is 3.86. The number of benzene rings is 2. The van der Waals surface area contributed by atoms with Gasteiger partial charge in [-0.05, 0) is 41.1 Å². The number of likely N-dealkylation sites (N-methyl/N-ethyl adjacent to an activating group) is 1. The number of tetrazole rings is 1. The molecule has 1 aliphatic heterocycles. The zero-order valence-electron chi connectivity index (χ0n) is 18.1. The van der Waals surface area contributed by atoms with Crippen LogP contribution in [-0.2, 0) is 10.2 Å². The van der Waals surface area contributed by atoms with Crippen LogP contribution in [0.4, 0.5) is 5.69 Å². The number of anilines is 1. The lowest BCUT2D eigenvalue weighted by molar-refractivity contribution is -0.112. The number of carbonyl (C=O) groups excluding carboxylic acids is 1. The van der Waals surface area contributed by atoms with Gasteiger partial charge >= 0.3 is 0 Å². The molecule has 0 saturated heterocycles. The predicted octanol–water partition coefficient (Wildman–Crippen LogP) is 4.03. The van der Waals surface area contributed by atoms with Crippen molar-refractivity contribution in [2.75, 3.05) is 24.3 Å². The normalized spacial score (nSPS) is 15.9. The summed E-state index contributed by atoms with van der Waals surface area (Å²) in [5.74, 6) is 0.945.